The first kappa shape index (κ1) is 25.6. The fraction of sp³-hybridized carbons (Fsp3) is 0.500. The van der Waals surface area contributed by atoms with Crippen molar-refractivity contribution in [2.45, 2.75) is 52.0 Å². The lowest BCUT2D eigenvalue weighted by Gasteiger charge is -2.37. The maximum absolute atomic E-state index is 13.4. The Morgan fingerprint density at radius 3 is 2.76 bits per heavy atom. The van der Waals surface area contributed by atoms with Crippen molar-refractivity contribution in [3.8, 4) is 17.7 Å². The fourth-order valence-electron chi connectivity index (χ4n) is 3.75. The van der Waals surface area contributed by atoms with Crippen molar-refractivity contribution < 1.29 is 19.7 Å². The monoisotopic (exact) mass is 466 g/mol. The molecular formula is C26H34N4O4. The van der Waals surface area contributed by atoms with E-state index in [0.29, 0.717) is 30.8 Å². The van der Waals surface area contributed by atoms with Crippen molar-refractivity contribution in [3.63, 3.8) is 0 Å². The lowest BCUT2D eigenvalue weighted by Crippen LogP contribution is -2.49. The zero-order valence-corrected chi connectivity index (χ0v) is 20.5. The molecule has 2 aromatic rings. The SMILES string of the molecule is C[C@@H]1CN([C@@H](C)CO)C(=O)c2cc(C#CC(C)(C)O)cnc2O[C@H]1CN(C)Cc1ccccn1. The Bertz CT molecular complexity index is 1040. The highest BCUT2D eigenvalue weighted by atomic mass is 16.5. The zero-order chi connectivity index (χ0) is 24.9. The Balaban J connectivity index is 1.92. The predicted molar refractivity (Wildman–Crippen MR) is 129 cm³/mol. The Kier molecular flexibility index (Phi) is 8.26. The minimum atomic E-state index is -1.17. The minimum absolute atomic E-state index is 0.00580. The van der Waals surface area contributed by atoms with Crippen LogP contribution in [0.25, 0.3) is 0 Å². The van der Waals surface area contributed by atoms with Gasteiger partial charge >= 0.3 is 0 Å². The number of carbonyl (C=O) groups is 1. The highest BCUT2D eigenvalue weighted by Crippen LogP contribution is 2.27. The van der Waals surface area contributed by atoms with Crippen LogP contribution in [0.1, 0.15) is 49.3 Å². The van der Waals surface area contributed by atoms with Gasteiger partial charge in [-0.05, 0) is 46.0 Å². The molecule has 0 fully saturated rings. The summed E-state index contributed by atoms with van der Waals surface area (Å²) in [7, 11) is 2.01. The van der Waals surface area contributed by atoms with Gasteiger partial charge < -0.3 is 19.8 Å². The summed E-state index contributed by atoms with van der Waals surface area (Å²) in [6, 6.07) is 7.11. The lowest BCUT2D eigenvalue weighted by atomic mass is 9.99. The molecule has 0 radical (unpaired) electrons. The van der Waals surface area contributed by atoms with Crippen LogP contribution < -0.4 is 4.74 Å². The number of carbonyl (C=O) groups excluding carboxylic acids is 1. The smallest absolute Gasteiger partial charge is 0.259 e. The summed E-state index contributed by atoms with van der Waals surface area (Å²) in [6.45, 7) is 8.59. The molecule has 8 nitrogen and oxygen atoms in total. The van der Waals surface area contributed by atoms with Crippen LogP contribution in [0.4, 0.5) is 0 Å². The van der Waals surface area contributed by atoms with E-state index in [1.54, 1.807) is 37.2 Å². The number of rotatable bonds is 6. The summed E-state index contributed by atoms with van der Waals surface area (Å²) >= 11 is 0. The van der Waals surface area contributed by atoms with Crippen LogP contribution in [0.3, 0.4) is 0 Å². The Labute approximate surface area is 201 Å². The first-order valence-electron chi connectivity index (χ1n) is 11.5. The van der Waals surface area contributed by atoms with Crippen LogP contribution in [0, 0.1) is 17.8 Å². The molecule has 0 aliphatic carbocycles. The van der Waals surface area contributed by atoms with Crippen LogP contribution in [-0.4, -0.2) is 80.4 Å². The van der Waals surface area contributed by atoms with E-state index in [0.717, 1.165) is 5.69 Å². The zero-order valence-electron chi connectivity index (χ0n) is 20.5. The first-order chi connectivity index (χ1) is 16.1. The number of ether oxygens (including phenoxy) is 1. The van der Waals surface area contributed by atoms with Gasteiger partial charge in [-0.2, -0.15) is 0 Å². The number of nitrogens with zero attached hydrogens (tertiary/aromatic N) is 4. The quantitative estimate of drug-likeness (QED) is 0.628. The molecule has 8 heteroatoms. The van der Waals surface area contributed by atoms with Gasteiger partial charge in [0.25, 0.3) is 5.91 Å². The Morgan fingerprint density at radius 1 is 1.35 bits per heavy atom. The Morgan fingerprint density at radius 2 is 2.12 bits per heavy atom. The average molecular weight is 467 g/mol. The average Bonchev–Trinajstić information content (AvgIpc) is 2.79. The molecule has 0 bridgehead atoms. The molecule has 182 valence electrons. The van der Waals surface area contributed by atoms with Gasteiger partial charge in [0, 0.05) is 43.5 Å². The molecule has 0 saturated carbocycles. The first-order valence-corrected chi connectivity index (χ1v) is 11.5. The van der Waals surface area contributed by atoms with Gasteiger partial charge in [0.15, 0.2) is 0 Å². The van der Waals surface area contributed by atoms with Gasteiger partial charge in [-0.1, -0.05) is 24.8 Å². The van der Waals surface area contributed by atoms with Crippen LogP contribution in [0.5, 0.6) is 5.88 Å². The molecule has 1 aliphatic rings. The maximum Gasteiger partial charge on any atom is 0.259 e. The van der Waals surface area contributed by atoms with Crippen LogP contribution in [0.15, 0.2) is 36.7 Å². The van der Waals surface area contributed by atoms with E-state index in [1.807, 2.05) is 39.1 Å². The van der Waals surface area contributed by atoms with E-state index in [1.165, 1.54) is 0 Å². The summed E-state index contributed by atoms with van der Waals surface area (Å²) in [5.41, 5.74) is 0.600. The molecule has 0 aromatic carbocycles. The second-order valence-corrected chi connectivity index (χ2v) is 9.53. The molecule has 1 aliphatic heterocycles. The van der Waals surface area contributed by atoms with Gasteiger partial charge in [-0.3, -0.25) is 14.7 Å². The second kappa shape index (κ2) is 11.0. The summed E-state index contributed by atoms with van der Waals surface area (Å²) in [4.78, 5) is 26.1. The fourth-order valence-corrected chi connectivity index (χ4v) is 3.75. The summed E-state index contributed by atoms with van der Waals surface area (Å²) in [6.07, 6.45) is 3.08. The minimum Gasteiger partial charge on any atom is -0.472 e. The summed E-state index contributed by atoms with van der Waals surface area (Å²) in [5, 5.41) is 19.7. The summed E-state index contributed by atoms with van der Waals surface area (Å²) < 4.78 is 6.31. The molecule has 3 rings (SSSR count). The molecule has 0 saturated heterocycles. The third kappa shape index (κ3) is 6.76. The predicted octanol–water partition coefficient (Wildman–Crippen LogP) is 1.95. The van der Waals surface area contributed by atoms with E-state index < -0.39 is 5.60 Å². The van der Waals surface area contributed by atoms with E-state index in [-0.39, 0.29) is 36.5 Å². The molecule has 34 heavy (non-hydrogen) atoms. The van der Waals surface area contributed by atoms with E-state index in [2.05, 4.69) is 26.7 Å². The summed E-state index contributed by atoms with van der Waals surface area (Å²) in [5.74, 6) is 5.60. The highest BCUT2D eigenvalue weighted by molar-refractivity contribution is 5.97. The van der Waals surface area contributed by atoms with Crippen molar-refractivity contribution in [2.24, 2.45) is 5.92 Å². The van der Waals surface area contributed by atoms with Gasteiger partial charge in [0.2, 0.25) is 5.88 Å². The lowest BCUT2D eigenvalue weighted by molar-refractivity contribution is 0.0324. The van der Waals surface area contributed by atoms with Crippen molar-refractivity contribution in [1.29, 1.82) is 0 Å². The number of pyridine rings is 2. The molecule has 0 unspecified atom stereocenters. The van der Waals surface area contributed by atoms with Gasteiger partial charge in [-0.25, -0.2) is 4.98 Å². The van der Waals surface area contributed by atoms with Crippen molar-refractivity contribution in [3.05, 3.63) is 53.5 Å². The molecule has 3 heterocycles. The highest BCUT2D eigenvalue weighted by Gasteiger charge is 2.34. The Hall–Kier alpha value is -2.99. The number of aliphatic hydroxyl groups is 2. The van der Waals surface area contributed by atoms with Gasteiger partial charge in [0.05, 0.1) is 18.3 Å². The van der Waals surface area contributed by atoms with E-state index in [4.69, 9.17) is 4.74 Å². The molecule has 0 spiro atoms. The van der Waals surface area contributed by atoms with Gasteiger partial charge in [0.1, 0.15) is 17.3 Å². The number of hydrogen-bond acceptors (Lipinski definition) is 7. The van der Waals surface area contributed by atoms with Crippen molar-refractivity contribution in [2.75, 3.05) is 26.7 Å². The number of hydrogen-bond donors (Lipinski definition) is 2. The largest absolute Gasteiger partial charge is 0.472 e. The second-order valence-electron chi connectivity index (χ2n) is 9.53. The number of amides is 1. The van der Waals surface area contributed by atoms with Gasteiger partial charge in [-0.15, -0.1) is 0 Å². The number of aromatic nitrogens is 2. The van der Waals surface area contributed by atoms with Crippen molar-refractivity contribution >= 4 is 5.91 Å². The maximum atomic E-state index is 13.4. The van der Waals surface area contributed by atoms with Crippen LogP contribution in [0.2, 0.25) is 0 Å². The van der Waals surface area contributed by atoms with E-state index >= 15 is 0 Å². The number of aliphatic hydroxyl groups excluding tert-OH is 1. The topological polar surface area (TPSA) is 99.0 Å². The van der Waals surface area contributed by atoms with Crippen LogP contribution >= 0.6 is 0 Å². The molecule has 1 amide bonds. The number of fused-ring (bicyclic) bond motifs is 1. The van der Waals surface area contributed by atoms with Crippen molar-refractivity contribution in [1.82, 2.24) is 19.8 Å². The van der Waals surface area contributed by atoms with Crippen LogP contribution in [-0.2, 0) is 6.54 Å². The third-order valence-electron chi connectivity index (χ3n) is 5.68. The molecule has 2 N–H and O–H groups in total. The molecule has 3 atom stereocenters. The molecule has 2 aromatic heterocycles. The van der Waals surface area contributed by atoms with E-state index in [9.17, 15) is 15.0 Å². The molecular weight excluding hydrogens is 432 g/mol. The normalized spacial score (nSPS) is 19.4. The standard InChI is InChI=1S/C26H34N4O4/c1-18-14-30(19(2)17-31)25(32)22-12-20(9-10-26(3,4)33)13-28-24(22)34-23(18)16-29(5)15-21-8-6-7-11-27-21/h6-8,11-13,18-19,23,31,33H,14-17H2,1-5H3/t18-,19+,23+/m1/s1. The number of likely N-dealkylation sites (N-methyl/N-ethyl adjacent to an activating group) is 1. The third-order valence-corrected chi connectivity index (χ3v) is 5.68.